The highest BCUT2D eigenvalue weighted by Crippen LogP contribution is 2.40. The van der Waals surface area contributed by atoms with Crippen molar-refractivity contribution in [3.63, 3.8) is 0 Å². The maximum atomic E-state index is 15.7. The molecule has 42 heavy (non-hydrogen) atoms. The van der Waals surface area contributed by atoms with E-state index >= 15 is 4.39 Å². The normalized spacial score (nSPS) is 21.0. The van der Waals surface area contributed by atoms with Crippen molar-refractivity contribution in [3.05, 3.63) is 63.3 Å². The number of ether oxygens (including phenoxy) is 1. The number of nitrogens with two attached hydrogens (primary N) is 1. The van der Waals surface area contributed by atoms with Crippen LogP contribution >= 0.6 is 0 Å². The van der Waals surface area contributed by atoms with Crippen LogP contribution in [0.2, 0.25) is 0 Å². The standard InChI is InChI=1S/C28H30F5N5O4/c1-15-12-36(6-5-35(15)2)22-9-21(29)18(16-3-4-37(13-16)27(41)42-17-10-28(32,33)11-17)7-23(22)38-14-20(26(34)40)19(25(30)31)8-24(38)39/h3,7-9,14-15,17,25H,4-6,10-13H2,1-2H3,(H2,34,40)/t15-/m0/s1. The molecule has 1 saturated heterocycles. The molecule has 9 nitrogen and oxygen atoms in total. The van der Waals surface area contributed by atoms with Crippen molar-refractivity contribution in [3.8, 4) is 5.69 Å². The van der Waals surface area contributed by atoms with Crippen LogP contribution < -0.4 is 16.2 Å². The van der Waals surface area contributed by atoms with Crippen molar-refractivity contribution in [1.82, 2.24) is 14.4 Å². The first-order valence-corrected chi connectivity index (χ1v) is 13.4. The number of primary amides is 1. The zero-order chi connectivity index (χ0) is 30.5. The van der Waals surface area contributed by atoms with Gasteiger partial charge in [0.15, 0.2) is 0 Å². The highest BCUT2D eigenvalue weighted by molar-refractivity contribution is 5.94. The van der Waals surface area contributed by atoms with Gasteiger partial charge in [0.05, 0.1) is 16.9 Å². The molecule has 2 fully saturated rings. The fourth-order valence-electron chi connectivity index (χ4n) is 5.43. The minimum atomic E-state index is -3.13. The number of hydrogen-bond donors (Lipinski definition) is 1. The molecule has 3 heterocycles. The largest absolute Gasteiger partial charge is 0.446 e. The summed E-state index contributed by atoms with van der Waals surface area (Å²) < 4.78 is 75.4. The van der Waals surface area contributed by atoms with Crippen molar-refractivity contribution >= 4 is 23.3 Å². The summed E-state index contributed by atoms with van der Waals surface area (Å²) in [7, 11) is 1.94. The summed E-state index contributed by atoms with van der Waals surface area (Å²) in [5.74, 6) is -4.68. The van der Waals surface area contributed by atoms with Crippen LogP contribution in [0.3, 0.4) is 0 Å². The van der Waals surface area contributed by atoms with Crippen LogP contribution in [-0.4, -0.2) is 84.2 Å². The van der Waals surface area contributed by atoms with Gasteiger partial charge in [0, 0.05) is 75.0 Å². The van der Waals surface area contributed by atoms with E-state index in [9.17, 15) is 31.9 Å². The number of rotatable bonds is 6. The monoisotopic (exact) mass is 595 g/mol. The van der Waals surface area contributed by atoms with Crippen LogP contribution in [0.5, 0.6) is 0 Å². The molecule has 0 unspecified atom stereocenters. The lowest BCUT2D eigenvalue weighted by Gasteiger charge is -2.40. The molecule has 2 N–H and O–H groups in total. The highest BCUT2D eigenvalue weighted by atomic mass is 19.3. The molecule has 1 aromatic heterocycles. The molecule has 3 aliphatic rings. The molecule has 1 atom stereocenters. The Morgan fingerprint density at radius 2 is 1.83 bits per heavy atom. The zero-order valence-corrected chi connectivity index (χ0v) is 23.0. The van der Waals surface area contributed by atoms with Crippen LogP contribution in [0.15, 0.2) is 35.3 Å². The van der Waals surface area contributed by atoms with Crippen molar-refractivity contribution in [2.75, 3.05) is 44.7 Å². The van der Waals surface area contributed by atoms with Crippen molar-refractivity contribution in [2.24, 2.45) is 5.73 Å². The van der Waals surface area contributed by atoms with E-state index in [1.54, 1.807) is 6.08 Å². The Bertz CT molecular complexity index is 1500. The molecule has 1 saturated carbocycles. The van der Waals surface area contributed by atoms with Crippen LogP contribution in [0, 0.1) is 5.82 Å². The average Bonchev–Trinajstić information content (AvgIpc) is 3.39. The van der Waals surface area contributed by atoms with Gasteiger partial charge in [-0.25, -0.2) is 26.7 Å². The third kappa shape index (κ3) is 5.72. The number of alkyl halides is 4. The summed E-state index contributed by atoms with van der Waals surface area (Å²) in [6.07, 6.45) is -3.42. The number of piperazine rings is 1. The van der Waals surface area contributed by atoms with E-state index in [1.165, 1.54) is 17.0 Å². The van der Waals surface area contributed by atoms with Gasteiger partial charge in [0.2, 0.25) is 0 Å². The molecular weight excluding hydrogens is 565 g/mol. The Balaban J connectivity index is 1.52. The Kier molecular flexibility index (Phi) is 7.77. The van der Waals surface area contributed by atoms with E-state index in [2.05, 4.69) is 4.90 Å². The van der Waals surface area contributed by atoms with E-state index < -0.39 is 65.8 Å². The Morgan fingerprint density at radius 3 is 2.45 bits per heavy atom. The quantitative estimate of drug-likeness (QED) is 0.511. The fraction of sp³-hybridized carbons (Fsp3) is 0.464. The second-order valence-electron chi connectivity index (χ2n) is 11.0. The first-order valence-electron chi connectivity index (χ1n) is 13.4. The molecule has 0 bridgehead atoms. The number of nitrogens with zero attached hydrogens (tertiary/aromatic N) is 4. The third-order valence-corrected chi connectivity index (χ3v) is 8.05. The minimum Gasteiger partial charge on any atom is -0.446 e. The first kappa shape index (κ1) is 29.5. The second kappa shape index (κ2) is 11.0. The number of anilines is 1. The van der Waals surface area contributed by atoms with Crippen molar-refractivity contribution < 1.29 is 36.3 Å². The van der Waals surface area contributed by atoms with Crippen LogP contribution in [0.4, 0.5) is 32.4 Å². The number of carbonyl (C=O) groups excluding carboxylic acids is 2. The number of hydrogen-bond acceptors (Lipinski definition) is 6. The Labute approximate surface area is 237 Å². The predicted molar refractivity (Wildman–Crippen MR) is 144 cm³/mol. The number of likely N-dealkylation sites (N-methyl/N-ethyl adjacent to an activating group) is 1. The molecule has 5 rings (SSSR count). The molecule has 2 aromatic rings. The molecule has 1 aromatic carbocycles. The third-order valence-electron chi connectivity index (χ3n) is 8.05. The number of carbonyl (C=O) groups is 2. The molecule has 1 aliphatic carbocycles. The van der Waals surface area contributed by atoms with E-state index in [-0.39, 0.29) is 30.4 Å². The average molecular weight is 596 g/mol. The van der Waals surface area contributed by atoms with E-state index in [0.717, 1.165) is 10.8 Å². The molecule has 14 heteroatoms. The van der Waals surface area contributed by atoms with E-state index in [0.29, 0.717) is 37.0 Å². The number of amides is 2. The molecule has 226 valence electrons. The number of halogens is 5. The van der Waals surface area contributed by atoms with Gasteiger partial charge in [-0.2, -0.15) is 0 Å². The SMILES string of the molecule is C[C@H]1CN(c2cc(F)c(C3=CCN(C(=O)OC4CC(F)(F)C4)C3)cc2-n2cc(C(N)=O)c(C(F)F)cc2=O)CCN1C. The van der Waals surface area contributed by atoms with Gasteiger partial charge in [-0.05, 0) is 31.7 Å². The number of benzene rings is 1. The molecular formula is C28H30F5N5O4. The number of pyridine rings is 1. The molecule has 0 radical (unpaired) electrons. The number of aromatic nitrogens is 1. The highest BCUT2D eigenvalue weighted by Gasteiger charge is 2.48. The summed E-state index contributed by atoms with van der Waals surface area (Å²) in [6, 6.07) is 3.31. The Morgan fingerprint density at radius 1 is 1.12 bits per heavy atom. The van der Waals surface area contributed by atoms with Gasteiger partial charge in [-0.1, -0.05) is 6.08 Å². The van der Waals surface area contributed by atoms with Crippen molar-refractivity contribution in [2.45, 2.75) is 44.3 Å². The lowest BCUT2D eigenvalue weighted by Crippen LogP contribution is -2.50. The summed E-state index contributed by atoms with van der Waals surface area (Å²) >= 11 is 0. The zero-order valence-electron chi connectivity index (χ0n) is 23.0. The van der Waals surface area contributed by atoms with Gasteiger partial charge in [-0.15, -0.1) is 0 Å². The van der Waals surface area contributed by atoms with Crippen LogP contribution in [0.1, 0.15) is 47.7 Å². The van der Waals surface area contributed by atoms with Gasteiger partial charge >= 0.3 is 6.09 Å². The van der Waals surface area contributed by atoms with Gasteiger partial charge in [-0.3, -0.25) is 14.2 Å². The lowest BCUT2D eigenvalue weighted by molar-refractivity contribution is -0.147. The predicted octanol–water partition coefficient (Wildman–Crippen LogP) is 3.79. The summed E-state index contributed by atoms with van der Waals surface area (Å²) in [5.41, 5.74) is 3.97. The second-order valence-corrected chi connectivity index (χ2v) is 11.0. The first-order chi connectivity index (χ1) is 19.7. The smallest absolute Gasteiger partial charge is 0.410 e. The lowest BCUT2D eigenvalue weighted by atomic mass is 9.91. The fourth-order valence-corrected chi connectivity index (χ4v) is 5.43. The van der Waals surface area contributed by atoms with Gasteiger partial charge in [0.25, 0.3) is 23.8 Å². The summed E-state index contributed by atoms with van der Waals surface area (Å²) in [5, 5.41) is 0. The van der Waals surface area contributed by atoms with Gasteiger partial charge < -0.3 is 25.2 Å². The van der Waals surface area contributed by atoms with Crippen LogP contribution in [0.25, 0.3) is 11.3 Å². The van der Waals surface area contributed by atoms with Crippen molar-refractivity contribution in [1.29, 1.82) is 0 Å². The van der Waals surface area contributed by atoms with Crippen LogP contribution in [-0.2, 0) is 4.74 Å². The van der Waals surface area contributed by atoms with E-state index in [4.69, 9.17) is 10.5 Å². The maximum absolute atomic E-state index is 15.7. The maximum Gasteiger partial charge on any atom is 0.410 e. The molecule has 2 amide bonds. The van der Waals surface area contributed by atoms with Gasteiger partial charge in [0.1, 0.15) is 11.9 Å². The minimum absolute atomic E-state index is 0.0341. The van der Waals surface area contributed by atoms with E-state index in [1.807, 2.05) is 18.9 Å². The Hall–Kier alpha value is -3.94. The topological polar surface area (TPSA) is 101 Å². The molecule has 0 spiro atoms. The summed E-state index contributed by atoms with van der Waals surface area (Å²) in [4.78, 5) is 42.9. The summed E-state index contributed by atoms with van der Waals surface area (Å²) in [6.45, 7) is 3.50. The molecule has 2 aliphatic heterocycles.